The zero-order chi connectivity index (χ0) is 10.3. The third kappa shape index (κ3) is 1.08. The molecule has 2 unspecified atom stereocenters. The lowest BCUT2D eigenvalue weighted by Crippen LogP contribution is -2.59. The summed E-state index contributed by atoms with van der Waals surface area (Å²) in [7, 11) is 0. The molecule has 2 N–H and O–H groups in total. The Kier molecular flexibility index (Phi) is 2.01. The Balaban J connectivity index is 3.09. The summed E-state index contributed by atoms with van der Waals surface area (Å²) in [4.78, 5) is 14.5. The van der Waals surface area contributed by atoms with Gasteiger partial charge in [-0.2, -0.15) is 0 Å². The fourth-order valence-corrected chi connectivity index (χ4v) is 1.06. The van der Waals surface area contributed by atoms with Gasteiger partial charge in [0.25, 0.3) is 6.43 Å². The number of carbonyl (C=O) groups excluding carboxylic acids is 1. The van der Waals surface area contributed by atoms with Crippen molar-refractivity contribution in [1.82, 2.24) is 0 Å². The molecule has 0 aromatic rings. The minimum atomic E-state index is -2.83. The first-order chi connectivity index (χ1) is 5.84. The minimum absolute atomic E-state index is 0.844. The third-order valence-electron chi connectivity index (χ3n) is 2.47. The molecule has 1 heterocycles. The Hall–Kier alpha value is -1.20. The molecule has 0 aromatic heterocycles. The highest BCUT2D eigenvalue weighted by molar-refractivity contribution is 5.88. The van der Waals surface area contributed by atoms with Gasteiger partial charge in [0.15, 0.2) is 11.9 Å². The first kappa shape index (κ1) is 9.88. The van der Waals surface area contributed by atoms with E-state index in [2.05, 4.69) is 9.73 Å². The fraction of sp³-hybridized carbons (Fsp3) is 0.714. The molecule has 1 aliphatic heterocycles. The molecule has 0 bridgehead atoms. The van der Waals surface area contributed by atoms with Gasteiger partial charge < -0.3 is 10.5 Å². The van der Waals surface area contributed by atoms with E-state index in [1.54, 1.807) is 0 Å². The monoisotopic (exact) mass is 192 g/mol. The number of hydrogen-bond donors (Lipinski definition) is 1. The first-order valence-corrected chi connectivity index (χ1v) is 3.64. The number of carbonyl (C=O) groups is 1. The number of alkyl halides is 2. The van der Waals surface area contributed by atoms with Crippen LogP contribution in [0, 0.1) is 0 Å². The Morgan fingerprint density at radius 2 is 2.15 bits per heavy atom. The van der Waals surface area contributed by atoms with E-state index in [0.29, 0.717) is 0 Å². The zero-order valence-electron chi connectivity index (χ0n) is 7.25. The minimum Gasteiger partial charge on any atom is -0.468 e. The van der Waals surface area contributed by atoms with Crippen LogP contribution < -0.4 is 5.73 Å². The van der Waals surface area contributed by atoms with Crippen molar-refractivity contribution in [2.75, 3.05) is 0 Å². The van der Waals surface area contributed by atoms with Crippen LogP contribution in [-0.4, -0.2) is 29.9 Å². The highest BCUT2D eigenvalue weighted by Gasteiger charge is 2.60. The standard InChI is InChI=1S/C7H10F2N2O2/c1-6(5(10)12)7(2,4(8)9)13-3-11-6/h3-4H,1-2H3,(H2,10,12). The number of amides is 1. The van der Waals surface area contributed by atoms with Crippen LogP contribution in [0.4, 0.5) is 8.78 Å². The summed E-state index contributed by atoms with van der Waals surface area (Å²) < 4.78 is 29.8. The number of nitrogens with zero attached hydrogens (tertiary/aromatic N) is 1. The number of ether oxygens (including phenoxy) is 1. The number of nitrogens with two attached hydrogens (primary N) is 1. The SMILES string of the molecule is CC1(C(N)=O)N=COC1(C)C(F)F. The predicted octanol–water partition coefficient (Wildman–Crippen LogP) is 0.313. The molecule has 13 heavy (non-hydrogen) atoms. The maximum Gasteiger partial charge on any atom is 0.280 e. The van der Waals surface area contributed by atoms with E-state index in [4.69, 9.17) is 5.73 Å². The van der Waals surface area contributed by atoms with Gasteiger partial charge in [-0.3, -0.25) is 4.79 Å². The van der Waals surface area contributed by atoms with E-state index in [0.717, 1.165) is 13.3 Å². The van der Waals surface area contributed by atoms with Gasteiger partial charge in [0.05, 0.1) is 0 Å². The maximum atomic E-state index is 12.6. The molecule has 0 spiro atoms. The molecular formula is C7H10F2N2O2. The average molecular weight is 192 g/mol. The molecule has 1 aliphatic rings. The number of rotatable bonds is 2. The molecule has 74 valence electrons. The fourth-order valence-electron chi connectivity index (χ4n) is 1.06. The van der Waals surface area contributed by atoms with Crippen LogP contribution in [-0.2, 0) is 9.53 Å². The summed E-state index contributed by atoms with van der Waals surface area (Å²) in [5.41, 5.74) is 1.33. The van der Waals surface area contributed by atoms with E-state index >= 15 is 0 Å². The summed E-state index contributed by atoms with van der Waals surface area (Å²) >= 11 is 0. The summed E-state index contributed by atoms with van der Waals surface area (Å²) in [5, 5.41) is 0. The van der Waals surface area contributed by atoms with Gasteiger partial charge in [-0.05, 0) is 13.8 Å². The summed E-state index contributed by atoms with van der Waals surface area (Å²) in [6.45, 7) is 2.33. The normalized spacial score (nSPS) is 37.9. The molecule has 0 saturated carbocycles. The van der Waals surface area contributed by atoms with Crippen LogP contribution in [0.25, 0.3) is 0 Å². The Labute approximate surface area is 73.8 Å². The molecule has 0 aliphatic carbocycles. The zero-order valence-corrected chi connectivity index (χ0v) is 7.25. The molecule has 0 saturated heterocycles. The number of aliphatic imine (C=N–C) groups is 1. The van der Waals surface area contributed by atoms with E-state index < -0.39 is 23.5 Å². The van der Waals surface area contributed by atoms with Gasteiger partial charge in [-0.1, -0.05) is 0 Å². The van der Waals surface area contributed by atoms with Crippen molar-refractivity contribution in [2.45, 2.75) is 31.4 Å². The topological polar surface area (TPSA) is 64.7 Å². The van der Waals surface area contributed by atoms with Crippen LogP contribution in [0.3, 0.4) is 0 Å². The Morgan fingerprint density at radius 1 is 1.62 bits per heavy atom. The lowest BCUT2D eigenvalue weighted by Gasteiger charge is -2.33. The highest BCUT2D eigenvalue weighted by atomic mass is 19.3. The van der Waals surface area contributed by atoms with Crippen molar-refractivity contribution in [3.05, 3.63) is 0 Å². The van der Waals surface area contributed by atoms with Crippen molar-refractivity contribution in [1.29, 1.82) is 0 Å². The van der Waals surface area contributed by atoms with E-state index in [9.17, 15) is 13.6 Å². The predicted molar refractivity (Wildman–Crippen MR) is 41.6 cm³/mol. The lowest BCUT2D eigenvalue weighted by molar-refractivity contribution is -0.140. The van der Waals surface area contributed by atoms with Gasteiger partial charge in [0.1, 0.15) is 0 Å². The van der Waals surface area contributed by atoms with Crippen molar-refractivity contribution in [3.8, 4) is 0 Å². The van der Waals surface area contributed by atoms with Crippen molar-refractivity contribution >= 4 is 12.3 Å². The van der Waals surface area contributed by atoms with Crippen LogP contribution in [0.1, 0.15) is 13.8 Å². The van der Waals surface area contributed by atoms with Gasteiger partial charge in [-0.15, -0.1) is 0 Å². The van der Waals surface area contributed by atoms with Gasteiger partial charge >= 0.3 is 0 Å². The van der Waals surface area contributed by atoms with E-state index in [-0.39, 0.29) is 0 Å². The van der Waals surface area contributed by atoms with Crippen LogP contribution >= 0.6 is 0 Å². The second kappa shape index (κ2) is 2.65. The van der Waals surface area contributed by atoms with Crippen molar-refractivity contribution in [3.63, 3.8) is 0 Å². The van der Waals surface area contributed by atoms with Gasteiger partial charge in [0, 0.05) is 0 Å². The molecule has 0 radical (unpaired) electrons. The third-order valence-corrected chi connectivity index (χ3v) is 2.47. The number of hydrogen-bond acceptors (Lipinski definition) is 3. The van der Waals surface area contributed by atoms with Gasteiger partial charge in [-0.25, -0.2) is 13.8 Å². The Morgan fingerprint density at radius 3 is 2.46 bits per heavy atom. The molecular weight excluding hydrogens is 182 g/mol. The van der Waals surface area contributed by atoms with Crippen LogP contribution in [0.15, 0.2) is 4.99 Å². The largest absolute Gasteiger partial charge is 0.468 e. The molecule has 1 rings (SSSR count). The summed E-state index contributed by atoms with van der Waals surface area (Å²) in [5.74, 6) is -0.927. The quantitative estimate of drug-likeness (QED) is 0.684. The maximum absolute atomic E-state index is 12.6. The van der Waals surface area contributed by atoms with Gasteiger partial charge in [0.2, 0.25) is 11.5 Å². The van der Waals surface area contributed by atoms with Crippen molar-refractivity contribution in [2.24, 2.45) is 10.7 Å². The first-order valence-electron chi connectivity index (χ1n) is 3.64. The molecule has 0 aromatic carbocycles. The van der Waals surface area contributed by atoms with Crippen molar-refractivity contribution < 1.29 is 18.3 Å². The molecule has 0 fully saturated rings. The van der Waals surface area contributed by atoms with E-state index in [1.807, 2.05) is 0 Å². The molecule has 6 heteroatoms. The van der Waals surface area contributed by atoms with Crippen LogP contribution in [0.5, 0.6) is 0 Å². The highest BCUT2D eigenvalue weighted by Crippen LogP contribution is 2.38. The molecule has 2 atom stereocenters. The Bertz CT molecular complexity index is 269. The average Bonchev–Trinajstić information content (AvgIpc) is 2.31. The van der Waals surface area contributed by atoms with E-state index in [1.165, 1.54) is 6.92 Å². The number of primary amides is 1. The summed E-state index contributed by atoms with van der Waals surface area (Å²) in [6, 6.07) is 0. The number of halogens is 2. The molecule has 4 nitrogen and oxygen atoms in total. The summed E-state index contributed by atoms with van der Waals surface area (Å²) in [6.07, 6.45) is -1.98. The van der Waals surface area contributed by atoms with Crippen LogP contribution in [0.2, 0.25) is 0 Å². The molecule has 1 amide bonds. The second-order valence-corrected chi connectivity index (χ2v) is 3.20. The lowest BCUT2D eigenvalue weighted by atomic mass is 9.83. The smallest absolute Gasteiger partial charge is 0.280 e. The second-order valence-electron chi connectivity index (χ2n) is 3.20.